The number of hydrogen-bond donors (Lipinski definition) is 0. The number of rotatable bonds is 4. The van der Waals surface area contributed by atoms with Crippen molar-refractivity contribution in [2.45, 2.75) is 25.3 Å². The number of benzene rings is 1. The van der Waals surface area contributed by atoms with Crippen LogP contribution in [0.5, 0.6) is 0 Å². The Morgan fingerprint density at radius 2 is 2.20 bits per heavy atom. The first-order valence-electron chi connectivity index (χ1n) is 6.99. The summed E-state index contributed by atoms with van der Waals surface area (Å²) in [4.78, 5) is 14.5. The molecule has 0 bridgehead atoms. The van der Waals surface area contributed by atoms with E-state index in [9.17, 15) is 9.18 Å². The molecule has 2 fully saturated rings. The zero-order valence-electron chi connectivity index (χ0n) is 11.1. The summed E-state index contributed by atoms with van der Waals surface area (Å²) in [6.45, 7) is 2.22. The Hall–Kier alpha value is -1.13. The third-order valence-corrected chi connectivity index (χ3v) is 4.18. The van der Waals surface area contributed by atoms with Gasteiger partial charge in [-0.15, -0.1) is 0 Å². The van der Waals surface area contributed by atoms with Crippen LogP contribution in [0, 0.1) is 11.7 Å². The first kappa shape index (κ1) is 13.8. The van der Waals surface area contributed by atoms with Gasteiger partial charge in [0, 0.05) is 30.7 Å². The summed E-state index contributed by atoms with van der Waals surface area (Å²) >= 11 is 5.76. The Kier molecular flexibility index (Phi) is 3.94. The molecule has 1 saturated heterocycles. The second-order valence-corrected chi connectivity index (χ2v) is 5.95. The van der Waals surface area contributed by atoms with E-state index in [-0.39, 0.29) is 10.9 Å². The second-order valence-electron chi connectivity index (χ2n) is 5.55. The summed E-state index contributed by atoms with van der Waals surface area (Å²) in [7, 11) is 0. The molecule has 1 saturated carbocycles. The molecule has 20 heavy (non-hydrogen) atoms. The molecule has 2 aliphatic rings. The smallest absolute Gasteiger partial charge is 0.254 e. The van der Waals surface area contributed by atoms with Crippen LogP contribution in [0.25, 0.3) is 0 Å². The molecule has 3 nitrogen and oxygen atoms in total. The summed E-state index contributed by atoms with van der Waals surface area (Å²) in [6, 6.07) is 4.50. The molecule has 1 heterocycles. The Balaban J connectivity index is 1.75. The summed E-state index contributed by atoms with van der Waals surface area (Å²) in [5.74, 6) is -0.137. The van der Waals surface area contributed by atoms with Gasteiger partial charge in [0.05, 0.1) is 11.6 Å². The van der Waals surface area contributed by atoms with Crippen LogP contribution in [0.15, 0.2) is 18.2 Å². The van der Waals surface area contributed by atoms with Crippen molar-refractivity contribution in [3.63, 3.8) is 0 Å². The van der Waals surface area contributed by atoms with Crippen molar-refractivity contribution in [2.24, 2.45) is 5.92 Å². The van der Waals surface area contributed by atoms with Gasteiger partial charge < -0.3 is 9.64 Å². The number of amides is 1. The first-order chi connectivity index (χ1) is 9.65. The van der Waals surface area contributed by atoms with Crippen LogP contribution in [0.4, 0.5) is 4.39 Å². The lowest BCUT2D eigenvalue weighted by Crippen LogP contribution is -2.37. The Labute approximate surface area is 122 Å². The van der Waals surface area contributed by atoms with Crippen molar-refractivity contribution in [2.75, 3.05) is 19.8 Å². The molecule has 1 atom stereocenters. The molecule has 1 aliphatic heterocycles. The predicted octanol–water partition coefficient (Wildman–Crippen LogP) is 3.12. The Morgan fingerprint density at radius 1 is 1.40 bits per heavy atom. The lowest BCUT2D eigenvalue weighted by atomic mass is 10.1. The lowest BCUT2D eigenvalue weighted by molar-refractivity contribution is 0.0706. The highest BCUT2D eigenvalue weighted by Crippen LogP contribution is 2.31. The predicted molar refractivity (Wildman–Crippen MR) is 74.4 cm³/mol. The minimum Gasteiger partial charge on any atom is -0.381 e. The fourth-order valence-electron chi connectivity index (χ4n) is 2.58. The van der Waals surface area contributed by atoms with Crippen LogP contribution in [-0.2, 0) is 4.74 Å². The van der Waals surface area contributed by atoms with Crippen molar-refractivity contribution in [1.82, 2.24) is 4.90 Å². The van der Waals surface area contributed by atoms with E-state index in [1.807, 2.05) is 4.90 Å². The summed E-state index contributed by atoms with van der Waals surface area (Å²) in [5, 5.41) is -0.00389. The quantitative estimate of drug-likeness (QED) is 0.854. The highest BCUT2D eigenvalue weighted by Gasteiger charge is 2.35. The zero-order chi connectivity index (χ0) is 14.1. The van der Waals surface area contributed by atoms with Crippen LogP contribution in [-0.4, -0.2) is 36.6 Å². The normalized spacial score (nSPS) is 22.0. The number of nitrogens with zero attached hydrogens (tertiary/aromatic N) is 1. The van der Waals surface area contributed by atoms with E-state index in [0.29, 0.717) is 17.5 Å². The van der Waals surface area contributed by atoms with Crippen molar-refractivity contribution in [1.29, 1.82) is 0 Å². The lowest BCUT2D eigenvalue weighted by Gasteiger charge is -2.25. The van der Waals surface area contributed by atoms with E-state index in [1.165, 1.54) is 18.2 Å². The molecule has 1 amide bonds. The SMILES string of the molecule is O=C(c1ccc(F)c(Cl)c1)N(CC1CCOC1)C1CC1. The van der Waals surface area contributed by atoms with E-state index >= 15 is 0 Å². The molecule has 0 N–H and O–H groups in total. The number of halogens is 2. The maximum atomic E-state index is 13.2. The van der Waals surface area contributed by atoms with Crippen LogP contribution in [0.3, 0.4) is 0 Å². The van der Waals surface area contributed by atoms with E-state index in [0.717, 1.165) is 39.0 Å². The molecule has 108 valence electrons. The monoisotopic (exact) mass is 297 g/mol. The van der Waals surface area contributed by atoms with Gasteiger partial charge in [0.25, 0.3) is 5.91 Å². The standard InChI is InChI=1S/C15H17ClFNO2/c16-13-7-11(1-4-14(13)17)15(19)18(12-2-3-12)8-10-5-6-20-9-10/h1,4,7,10,12H,2-3,5-6,8-9H2. The minimum atomic E-state index is -0.495. The first-order valence-corrected chi connectivity index (χ1v) is 7.36. The molecule has 0 aromatic heterocycles. The number of ether oxygens (including phenoxy) is 1. The van der Waals surface area contributed by atoms with Crippen molar-refractivity contribution < 1.29 is 13.9 Å². The zero-order valence-corrected chi connectivity index (χ0v) is 11.9. The Bertz CT molecular complexity index is 513. The van der Waals surface area contributed by atoms with Gasteiger partial charge in [-0.2, -0.15) is 0 Å². The molecule has 0 spiro atoms. The van der Waals surface area contributed by atoms with Crippen LogP contribution >= 0.6 is 11.6 Å². The topological polar surface area (TPSA) is 29.5 Å². The molecule has 1 aliphatic carbocycles. The third-order valence-electron chi connectivity index (χ3n) is 3.89. The van der Waals surface area contributed by atoms with Crippen LogP contribution in [0.2, 0.25) is 5.02 Å². The molecular weight excluding hydrogens is 281 g/mol. The van der Waals surface area contributed by atoms with Gasteiger partial charge in [-0.1, -0.05) is 11.6 Å². The van der Waals surface area contributed by atoms with E-state index in [2.05, 4.69) is 0 Å². The molecule has 1 aromatic rings. The average Bonchev–Trinajstić information content (AvgIpc) is 3.15. The Morgan fingerprint density at radius 3 is 2.80 bits per heavy atom. The van der Waals surface area contributed by atoms with Crippen LogP contribution < -0.4 is 0 Å². The summed E-state index contributed by atoms with van der Waals surface area (Å²) in [6.07, 6.45) is 3.10. The highest BCUT2D eigenvalue weighted by molar-refractivity contribution is 6.31. The molecule has 3 rings (SSSR count). The molecule has 1 unspecified atom stereocenters. The van der Waals surface area contributed by atoms with Gasteiger partial charge >= 0.3 is 0 Å². The second kappa shape index (κ2) is 5.70. The third kappa shape index (κ3) is 2.96. The minimum absolute atomic E-state index is 0.00389. The van der Waals surface area contributed by atoms with Gasteiger partial charge in [0.2, 0.25) is 0 Å². The van der Waals surface area contributed by atoms with E-state index in [1.54, 1.807) is 0 Å². The van der Waals surface area contributed by atoms with Crippen molar-refractivity contribution in [3.05, 3.63) is 34.6 Å². The molecular formula is C15H17ClFNO2. The van der Waals surface area contributed by atoms with Gasteiger partial charge in [-0.25, -0.2) is 4.39 Å². The highest BCUT2D eigenvalue weighted by atomic mass is 35.5. The van der Waals surface area contributed by atoms with Crippen molar-refractivity contribution in [3.8, 4) is 0 Å². The molecule has 1 aromatic carbocycles. The fraction of sp³-hybridized carbons (Fsp3) is 0.533. The number of carbonyl (C=O) groups excluding carboxylic acids is 1. The van der Waals surface area contributed by atoms with Gasteiger partial charge in [-0.3, -0.25) is 4.79 Å². The maximum Gasteiger partial charge on any atom is 0.254 e. The van der Waals surface area contributed by atoms with Gasteiger partial charge in [-0.05, 0) is 37.5 Å². The maximum absolute atomic E-state index is 13.2. The largest absolute Gasteiger partial charge is 0.381 e. The van der Waals surface area contributed by atoms with Crippen molar-refractivity contribution >= 4 is 17.5 Å². The summed E-state index contributed by atoms with van der Waals surface area (Å²) in [5.41, 5.74) is 0.460. The number of carbonyl (C=O) groups is 1. The number of hydrogen-bond acceptors (Lipinski definition) is 2. The van der Waals surface area contributed by atoms with Gasteiger partial charge in [0.1, 0.15) is 5.82 Å². The molecule has 0 radical (unpaired) electrons. The molecule has 5 heteroatoms. The van der Waals surface area contributed by atoms with E-state index < -0.39 is 5.82 Å². The van der Waals surface area contributed by atoms with Crippen LogP contribution in [0.1, 0.15) is 29.6 Å². The van der Waals surface area contributed by atoms with Gasteiger partial charge in [0.15, 0.2) is 0 Å². The summed E-state index contributed by atoms with van der Waals surface area (Å²) < 4.78 is 18.6. The average molecular weight is 298 g/mol. The fourth-order valence-corrected chi connectivity index (χ4v) is 2.77. The van der Waals surface area contributed by atoms with E-state index in [4.69, 9.17) is 16.3 Å².